The Labute approximate surface area is 219 Å². The van der Waals surface area contributed by atoms with Crippen LogP contribution in [0.3, 0.4) is 0 Å². The normalized spacial score (nSPS) is 36.2. The zero-order valence-corrected chi connectivity index (χ0v) is 25.1. The van der Waals surface area contributed by atoms with Crippen molar-refractivity contribution in [2.45, 2.75) is 89.0 Å². The Balaban J connectivity index is 2.10. The topological polar surface area (TPSA) is 66.0 Å². The number of hydrogen-bond donors (Lipinski definition) is 0. The Morgan fingerprint density at radius 2 is 0.944 bits per heavy atom. The number of nitrogens with zero attached hydrogens (tertiary/aromatic N) is 2. The molecular formula is C30H40N2O2Si2. The van der Waals surface area contributed by atoms with Crippen LogP contribution in [-0.2, 0) is 8.85 Å². The molecule has 4 nitrogen and oxygen atoms in total. The summed E-state index contributed by atoms with van der Waals surface area (Å²) in [5, 5.41) is 22.1. The van der Waals surface area contributed by atoms with Crippen LogP contribution in [0.25, 0.3) is 0 Å². The first-order valence-electron chi connectivity index (χ1n) is 13.0. The van der Waals surface area contributed by atoms with Gasteiger partial charge in [0.1, 0.15) is 0 Å². The molecule has 0 aromatic heterocycles. The van der Waals surface area contributed by atoms with Gasteiger partial charge in [-0.25, -0.2) is 0 Å². The molecule has 0 heterocycles. The average Bonchev–Trinajstić information content (AvgIpc) is 3.14. The molecule has 36 heavy (non-hydrogen) atoms. The summed E-state index contributed by atoms with van der Waals surface area (Å²) in [5.74, 6) is -0.131. The Morgan fingerprint density at radius 3 is 1.19 bits per heavy atom. The second-order valence-corrected chi connectivity index (χ2v) is 21.9. The van der Waals surface area contributed by atoms with Gasteiger partial charge in [0.05, 0.1) is 12.1 Å². The summed E-state index contributed by atoms with van der Waals surface area (Å²) in [6.45, 7) is 17.4. The average molecular weight is 517 g/mol. The van der Waals surface area contributed by atoms with Crippen molar-refractivity contribution in [3.63, 3.8) is 0 Å². The van der Waals surface area contributed by atoms with E-state index >= 15 is 0 Å². The lowest BCUT2D eigenvalue weighted by atomic mass is 9.55. The Bertz CT molecular complexity index is 1100. The van der Waals surface area contributed by atoms with Crippen molar-refractivity contribution in [3.8, 4) is 12.1 Å². The van der Waals surface area contributed by atoms with Gasteiger partial charge in [-0.15, -0.1) is 0 Å². The van der Waals surface area contributed by atoms with Crippen LogP contribution in [0.4, 0.5) is 0 Å². The van der Waals surface area contributed by atoms with Crippen molar-refractivity contribution in [2.75, 3.05) is 0 Å². The highest BCUT2D eigenvalue weighted by molar-refractivity contribution is 6.70. The lowest BCUT2D eigenvalue weighted by molar-refractivity contribution is -0.0810. The molecule has 2 aromatic rings. The van der Waals surface area contributed by atoms with Gasteiger partial charge in [0.25, 0.3) is 0 Å². The zero-order chi connectivity index (χ0) is 26.6. The minimum Gasteiger partial charge on any atom is -0.399 e. The van der Waals surface area contributed by atoms with Crippen LogP contribution in [0.2, 0.25) is 39.3 Å². The second-order valence-electron chi connectivity index (χ2n) is 13.0. The standard InChI is InChI=1S/C30H40N2O2Si2/c1-27-25(23-15-11-9-12-16-23)19-30(22-32,34-36(6,7)8)28(27,2)26(24-17-13-10-14-18-24)20-29(27,21-31)33-35(3,4)5/h9-18,25-26H,19-20H2,1-8H3. The molecule has 0 radical (unpaired) electrons. The lowest BCUT2D eigenvalue weighted by Crippen LogP contribution is -2.59. The molecule has 2 fully saturated rings. The lowest BCUT2D eigenvalue weighted by Gasteiger charge is -2.52. The fraction of sp³-hybridized carbons (Fsp3) is 0.533. The molecule has 190 valence electrons. The molecule has 0 spiro atoms. The van der Waals surface area contributed by atoms with E-state index in [1.54, 1.807) is 0 Å². The highest BCUT2D eigenvalue weighted by Crippen LogP contribution is 2.80. The summed E-state index contributed by atoms with van der Waals surface area (Å²) in [4.78, 5) is 0. The van der Waals surface area contributed by atoms with E-state index in [2.05, 4.69) is 114 Å². The van der Waals surface area contributed by atoms with Gasteiger partial charge in [-0.1, -0.05) is 74.5 Å². The summed E-state index contributed by atoms with van der Waals surface area (Å²) in [7, 11) is -4.31. The smallest absolute Gasteiger partial charge is 0.185 e. The SMILES string of the molecule is CC12C(c3ccccc3)CC(C#N)(O[Si](C)(C)C)C1(C)C(c1ccccc1)CC2(C#N)O[Si](C)(C)C. The Morgan fingerprint density at radius 1 is 0.639 bits per heavy atom. The summed E-state index contributed by atoms with van der Waals surface area (Å²) in [5.41, 5.74) is -1.12. The van der Waals surface area contributed by atoms with Gasteiger partial charge in [-0.2, -0.15) is 10.5 Å². The van der Waals surface area contributed by atoms with Crippen LogP contribution in [0, 0.1) is 33.5 Å². The van der Waals surface area contributed by atoms with E-state index in [1.165, 1.54) is 0 Å². The van der Waals surface area contributed by atoms with Crippen molar-refractivity contribution in [2.24, 2.45) is 10.8 Å². The van der Waals surface area contributed by atoms with Crippen molar-refractivity contribution in [1.82, 2.24) is 0 Å². The molecule has 6 unspecified atom stereocenters. The molecule has 0 aliphatic heterocycles. The van der Waals surface area contributed by atoms with E-state index in [9.17, 15) is 10.5 Å². The van der Waals surface area contributed by atoms with Gasteiger partial charge in [0.2, 0.25) is 0 Å². The maximum absolute atomic E-state index is 11.0. The molecule has 0 bridgehead atoms. The van der Waals surface area contributed by atoms with E-state index in [1.807, 2.05) is 12.1 Å². The highest BCUT2D eigenvalue weighted by atomic mass is 28.4. The van der Waals surface area contributed by atoms with Crippen LogP contribution in [0.15, 0.2) is 60.7 Å². The zero-order valence-electron chi connectivity index (χ0n) is 23.1. The Hall–Kier alpha value is -2.23. The first-order chi connectivity index (χ1) is 16.7. The van der Waals surface area contributed by atoms with Crippen LogP contribution >= 0.6 is 0 Å². The molecular weight excluding hydrogens is 477 g/mol. The van der Waals surface area contributed by atoms with E-state index in [-0.39, 0.29) is 11.8 Å². The van der Waals surface area contributed by atoms with Gasteiger partial charge in [0.15, 0.2) is 27.8 Å². The minimum atomic E-state index is -2.16. The second kappa shape index (κ2) is 8.67. The van der Waals surface area contributed by atoms with Gasteiger partial charge in [-0.3, -0.25) is 0 Å². The molecule has 4 rings (SSSR count). The minimum absolute atomic E-state index is 0.0654. The van der Waals surface area contributed by atoms with Gasteiger partial charge in [0, 0.05) is 10.8 Å². The van der Waals surface area contributed by atoms with Gasteiger partial charge >= 0.3 is 0 Å². The van der Waals surface area contributed by atoms with Crippen LogP contribution < -0.4 is 0 Å². The van der Waals surface area contributed by atoms with Crippen LogP contribution in [-0.4, -0.2) is 27.8 Å². The summed E-state index contributed by atoms with van der Waals surface area (Å²) in [6.07, 6.45) is 1.10. The predicted octanol–water partition coefficient (Wildman–Crippen LogP) is 7.60. The molecule has 0 saturated heterocycles. The summed E-state index contributed by atoms with van der Waals surface area (Å²) in [6, 6.07) is 26.3. The fourth-order valence-corrected chi connectivity index (χ4v) is 10.3. The number of hydrogen-bond acceptors (Lipinski definition) is 4. The molecule has 0 amide bonds. The first-order valence-corrected chi connectivity index (χ1v) is 19.8. The third-order valence-electron chi connectivity index (χ3n) is 8.86. The molecule has 6 heteroatoms. The predicted molar refractivity (Wildman–Crippen MR) is 149 cm³/mol. The van der Waals surface area contributed by atoms with Crippen molar-refractivity contribution in [1.29, 1.82) is 10.5 Å². The number of nitriles is 2. The Kier molecular flexibility index (Phi) is 6.46. The van der Waals surface area contributed by atoms with E-state index < -0.39 is 38.7 Å². The van der Waals surface area contributed by atoms with Crippen molar-refractivity contribution >= 4 is 16.6 Å². The van der Waals surface area contributed by atoms with E-state index in [0.29, 0.717) is 12.8 Å². The summed E-state index contributed by atoms with van der Waals surface area (Å²) < 4.78 is 14.0. The highest BCUT2D eigenvalue weighted by Gasteiger charge is 2.82. The van der Waals surface area contributed by atoms with E-state index in [4.69, 9.17) is 8.85 Å². The first kappa shape index (κ1) is 26.8. The molecule has 2 saturated carbocycles. The quantitative estimate of drug-likeness (QED) is 0.371. The summed E-state index contributed by atoms with van der Waals surface area (Å²) >= 11 is 0. The third kappa shape index (κ3) is 3.82. The molecule has 2 aliphatic rings. The van der Waals surface area contributed by atoms with Crippen molar-refractivity contribution in [3.05, 3.63) is 71.8 Å². The van der Waals surface area contributed by atoms with Crippen molar-refractivity contribution < 1.29 is 8.85 Å². The monoisotopic (exact) mass is 516 g/mol. The third-order valence-corrected chi connectivity index (χ3v) is 10.8. The fourth-order valence-electron chi connectivity index (χ4n) is 7.52. The molecule has 2 aromatic carbocycles. The maximum Gasteiger partial charge on any atom is 0.185 e. The van der Waals surface area contributed by atoms with E-state index in [0.717, 1.165) is 11.1 Å². The number of benzene rings is 2. The number of rotatable bonds is 6. The van der Waals surface area contributed by atoms with Gasteiger partial charge < -0.3 is 8.85 Å². The number of fused-ring (bicyclic) bond motifs is 1. The molecule has 6 atom stereocenters. The maximum atomic E-state index is 11.0. The molecule has 0 N–H and O–H groups in total. The molecule has 2 aliphatic carbocycles. The van der Waals surface area contributed by atoms with Crippen LogP contribution in [0.5, 0.6) is 0 Å². The van der Waals surface area contributed by atoms with Crippen LogP contribution in [0.1, 0.15) is 49.7 Å². The van der Waals surface area contributed by atoms with Gasteiger partial charge in [-0.05, 0) is 75.1 Å². The largest absolute Gasteiger partial charge is 0.399 e.